The molecule has 0 radical (unpaired) electrons. The van der Waals surface area contributed by atoms with E-state index in [0.29, 0.717) is 0 Å². The molecule has 0 aliphatic heterocycles. The average molecular weight is 242 g/mol. The molecule has 6 heteroatoms. The lowest BCUT2D eigenvalue weighted by molar-refractivity contribution is 0.449. The number of hydrogen-bond donors (Lipinski definition) is 1. The second-order valence-electron chi connectivity index (χ2n) is 3.01. The fourth-order valence-electron chi connectivity index (χ4n) is 1.26. The Morgan fingerprint density at radius 2 is 1.81 bits per heavy atom. The van der Waals surface area contributed by atoms with Crippen LogP contribution in [0.4, 0.5) is 13.2 Å². The van der Waals surface area contributed by atoms with Crippen LogP contribution in [0.1, 0.15) is 0 Å². The predicted octanol–water partition coefficient (Wildman–Crippen LogP) is 3.22. The molecule has 0 saturated carbocycles. The third-order valence-corrected chi connectivity index (χ3v) is 2.21. The Labute approximate surface area is 93.8 Å². The van der Waals surface area contributed by atoms with Gasteiger partial charge in [0, 0.05) is 11.8 Å². The molecule has 0 atom stereocenters. The van der Waals surface area contributed by atoms with Gasteiger partial charge in [-0.3, -0.25) is 0 Å². The lowest BCUT2D eigenvalue weighted by atomic mass is 10.1. The normalized spacial score (nSPS) is 10.4. The average Bonchev–Trinajstić information content (AvgIpc) is 2.26. The topological polar surface area (TPSA) is 28.7 Å². The van der Waals surface area contributed by atoms with E-state index in [9.17, 15) is 13.2 Å². The maximum absolute atomic E-state index is 13.4. The minimum Gasteiger partial charge on any atom is -0.330 e. The first-order valence-electron chi connectivity index (χ1n) is 4.29. The van der Waals surface area contributed by atoms with Crippen molar-refractivity contribution in [1.29, 1.82) is 0 Å². The number of rotatable bonds is 1. The molecule has 0 aliphatic carbocycles. The summed E-state index contributed by atoms with van der Waals surface area (Å²) in [6.45, 7) is 0. The molecule has 0 aliphatic rings. The summed E-state index contributed by atoms with van der Waals surface area (Å²) in [4.78, 5) is 6.29. The molecule has 1 heterocycles. The third-order valence-electron chi connectivity index (χ3n) is 2.00. The third kappa shape index (κ3) is 1.83. The van der Waals surface area contributed by atoms with Crippen LogP contribution < -0.4 is 0 Å². The van der Waals surface area contributed by atoms with E-state index in [1.54, 1.807) is 0 Å². The molecule has 82 valence electrons. The highest BCUT2D eigenvalue weighted by Gasteiger charge is 2.14. The van der Waals surface area contributed by atoms with E-state index in [0.717, 1.165) is 12.1 Å². The van der Waals surface area contributed by atoms with Crippen molar-refractivity contribution in [2.24, 2.45) is 0 Å². The molecule has 1 aromatic heterocycles. The van der Waals surface area contributed by atoms with E-state index < -0.39 is 17.5 Å². The second-order valence-corrected chi connectivity index (χ2v) is 3.40. The predicted molar refractivity (Wildman–Crippen MR) is 54.7 cm³/mol. The quantitative estimate of drug-likeness (QED) is 0.614. The monoisotopic (exact) mass is 242 g/mol. The molecule has 1 aromatic carbocycles. The van der Waals surface area contributed by atoms with Crippen LogP contribution in [0.25, 0.3) is 11.3 Å². The molecule has 0 amide bonds. The van der Waals surface area contributed by atoms with Crippen LogP contribution in [0.5, 0.6) is 0 Å². The minimum atomic E-state index is -1.51. The molecule has 0 bridgehead atoms. The first-order valence-corrected chi connectivity index (χ1v) is 4.69. The fourth-order valence-corrected chi connectivity index (χ4v) is 1.43. The number of halogens is 3. The Kier molecular flexibility index (Phi) is 2.74. The summed E-state index contributed by atoms with van der Waals surface area (Å²) in [5.41, 5.74) is 0.156. The molecule has 0 saturated heterocycles. The summed E-state index contributed by atoms with van der Waals surface area (Å²) < 4.78 is 39.2. The van der Waals surface area contributed by atoms with Gasteiger partial charge in [-0.25, -0.2) is 18.2 Å². The Hall–Kier alpha value is -1.69. The zero-order valence-electron chi connectivity index (χ0n) is 7.80. The van der Waals surface area contributed by atoms with Crippen molar-refractivity contribution < 1.29 is 13.2 Å². The van der Waals surface area contributed by atoms with Crippen LogP contribution in [0.3, 0.4) is 0 Å². The van der Waals surface area contributed by atoms with Crippen molar-refractivity contribution in [3.63, 3.8) is 0 Å². The van der Waals surface area contributed by atoms with E-state index in [4.69, 9.17) is 12.2 Å². The minimum absolute atomic E-state index is 0.0904. The molecule has 2 rings (SSSR count). The van der Waals surface area contributed by atoms with Crippen LogP contribution in [0.2, 0.25) is 0 Å². The second kappa shape index (κ2) is 4.05. The highest BCUT2D eigenvalue weighted by Crippen LogP contribution is 2.23. The summed E-state index contributed by atoms with van der Waals surface area (Å²) in [6.07, 6.45) is 1.36. The Balaban J connectivity index is 2.66. The van der Waals surface area contributed by atoms with Crippen LogP contribution in [0.15, 0.2) is 24.4 Å². The van der Waals surface area contributed by atoms with Gasteiger partial charge in [0.05, 0.1) is 5.69 Å². The van der Waals surface area contributed by atoms with Gasteiger partial charge in [0.15, 0.2) is 22.2 Å². The molecular weight excluding hydrogens is 237 g/mol. The maximum Gasteiger partial charge on any atom is 0.197 e. The van der Waals surface area contributed by atoms with Gasteiger partial charge in [-0.2, -0.15) is 0 Å². The van der Waals surface area contributed by atoms with Gasteiger partial charge < -0.3 is 4.98 Å². The highest BCUT2D eigenvalue weighted by molar-refractivity contribution is 7.71. The summed E-state index contributed by atoms with van der Waals surface area (Å²) in [7, 11) is 0. The van der Waals surface area contributed by atoms with E-state index in [-0.39, 0.29) is 16.0 Å². The van der Waals surface area contributed by atoms with E-state index >= 15 is 0 Å². The number of H-pyrrole nitrogens is 1. The highest BCUT2D eigenvalue weighted by atomic mass is 32.1. The smallest absolute Gasteiger partial charge is 0.197 e. The van der Waals surface area contributed by atoms with Gasteiger partial charge in [-0.1, -0.05) is 0 Å². The fraction of sp³-hybridized carbons (Fsp3) is 0. The number of hydrogen-bond acceptors (Lipinski definition) is 2. The van der Waals surface area contributed by atoms with Crippen LogP contribution in [0, 0.1) is 22.2 Å². The van der Waals surface area contributed by atoms with Gasteiger partial charge in [0.25, 0.3) is 0 Å². The van der Waals surface area contributed by atoms with Crippen LogP contribution in [-0.2, 0) is 0 Å². The Morgan fingerprint density at radius 1 is 1.06 bits per heavy atom. The molecule has 1 N–H and O–H groups in total. The van der Waals surface area contributed by atoms with Crippen molar-refractivity contribution in [2.45, 2.75) is 0 Å². The summed E-state index contributed by atoms with van der Waals surface area (Å²) in [6, 6.07) is 3.41. The molecule has 16 heavy (non-hydrogen) atoms. The summed E-state index contributed by atoms with van der Waals surface area (Å²) >= 11 is 4.74. The number of benzene rings is 1. The summed E-state index contributed by atoms with van der Waals surface area (Å²) in [5.74, 6) is -3.99. The molecule has 0 unspecified atom stereocenters. The van der Waals surface area contributed by atoms with Crippen molar-refractivity contribution in [3.8, 4) is 11.3 Å². The zero-order chi connectivity index (χ0) is 11.7. The number of aromatic amines is 1. The SMILES string of the molecule is Fc1ccc(-c2ccnc(=S)[nH]2)c(F)c1F. The van der Waals surface area contributed by atoms with Crippen molar-refractivity contribution in [1.82, 2.24) is 9.97 Å². The first-order chi connectivity index (χ1) is 7.59. The Bertz CT molecular complexity index is 595. The van der Waals surface area contributed by atoms with Gasteiger partial charge >= 0.3 is 0 Å². The van der Waals surface area contributed by atoms with Crippen LogP contribution in [-0.4, -0.2) is 9.97 Å². The zero-order valence-corrected chi connectivity index (χ0v) is 8.62. The van der Waals surface area contributed by atoms with E-state index in [1.807, 2.05) is 0 Å². The lowest BCUT2D eigenvalue weighted by Crippen LogP contribution is -1.95. The number of aromatic nitrogens is 2. The standard InChI is InChI=1S/C10H5F3N2S/c11-6-2-1-5(8(12)9(6)13)7-3-4-14-10(16)15-7/h1-4H,(H,14,15,16). The molecule has 2 aromatic rings. The number of nitrogens with one attached hydrogen (secondary N) is 1. The maximum atomic E-state index is 13.4. The molecule has 0 spiro atoms. The molecule has 0 fully saturated rings. The number of nitrogens with zero attached hydrogens (tertiary/aromatic N) is 1. The van der Waals surface area contributed by atoms with Crippen molar-refractivity contribution in [2.75, 3.05) is 0 Å². The van der Waals surface area contributed by atoms with Gasteiger partial charge in [0.2, 0.25) is 0 Å². The van der Waals surface area contributed by atoms with Crippen molar-refractivity contribution >= 4 is 12.2 Å². The largest absolute Gasteiger partial charge is 0.330 e. The van der Waals surface area contributed by atoms with Crippen LogP contribution >= 0.6 is 12.2 Å². The van der Waals surface area contributed by atoms with E-state index in [1.165, 1.54) is 12.3 Å². The van der Waals surface area contributed by atoms with Crippen molar-refractivity contribution in [3.05, 3.63) is 46.6 Å². The summed E-state index contributed by atoms with van der Waals surface area (Å²) in [5, 5.41) is 0. The molecule has 2 nitrogen and oxygen atoms in total. The lowest BCUT2D eigenvalue weighted by Gasteiger charge is -2.04. The van der Waals surface area contributed by atoms with Gasteiger partial charge in [-0.05, 0) is 30.4 Å². The first kappa shape index (κ1) is 10.8. The Morgan fingerprint density at radius 3 is 2.50 bits per heavy atom. The molecular formula is C10H5F3N2S. The van der Waals surface area contributed by atoms with E-state index in [2.05, 4.69) is 9.97 Å². The van der Waals surface area contributed by atoms with Gasteiger partial charge in [0.1, 0.15) is 0 Å². The van der Waals surface area contributed by atoms with Gasteiger partial charge in [-0.15, -0.1) is 0 Å².